The number of carboxylic acid groups (broad SMARTS) is 1. The quantitative estimate of drug-likeness (QED) is 0.220. The predicted octanol–water partition coefficient (Wildman–Crippen LogP) is 6.41. The Labute approximate surface area is 249 Å². The number of aliphatic carboxylic acids is 1. The summed E-state index contributed by atoms with van der Waals surface area (Å²) in [5, 5.41) is 26.9. The second-order valence-corrected chi connectivity index (χ2v) is 12.1. The third kappa shape index (κ3) is 7.33. The third-order valence-corrected chi connectivity index (χ3v) is 7.67. The average Bonchev–Trinajstić information content (AvgIpc) is 3.37. The zero-order valence-electron chi connectivity index (χ0n) is 24.4. The number of nitrogens with one attached hydrogen (secondary N) is 1. The highest BCUT2D eigenvalue weighted by Crippen LogP contribution is 2.51. The number of fused-ring (bicyclic) bond motifs is 1. The minimum absolute atomic E-state index is 0.0213. The Kier molecular flexibility index (Phi) is 9.34. The molecule has 0 saturated carbocycles. The number of anilines is 1. The van der Waals surface area contributed by atoms with Crippen LogP contribution in [0.3, 0.4) is 0 Å². The summed E-state index contributed by atoms with van der Waals surface area (Å²) in [6.07, 6.45) is -9.46. The molecule has 0 spiro atoms. The molecule has 0 aliphatic carbocycles. The highest BCUT2D eigenvalue weighted by molar-refractivity contribution is 5.68. The van der Waals surface area contributed by atoms with Crippen molar-refractivity contribution in [2.75, 3.05) is 11.9 Å². The summed E-state index contributed by atoms with van der Waals surface area (Å²) in [5.74, 6) is -1.31. The molecule has 1 aromatic carbocycles. The Morgan fingerprint density at radius 1 is 1.00 bits per heavy atom. The molecule has 4 rings (SSSR count). The SMILES string of the molecule is CC(C)(C)c1cc(C(CC(=O)O)Cc2nc(CCCc3ccc4c(n3)NCCC4)no2)cc(C(O)(C(F)(F)F)C(F)(F)F)c1. The summed E-state index contributed by atoms with van der Waals surface area (Å²) in [6, 6.07) is 6.57. The van der Waals surface area contributed by atoms with Crippen LogP contribution in [0, 0.1) is 0 Å². The average molecular weight is 629 g/mol. The fourth-order valence-corrected chi connectivity index (χ4v) is 5.16. The van der Waals surface area contributed by atoms with Crippen molar-refractivity contribution in [2.45, 2.75) is 95.0 Å². The topological polar surface area (TPSA) is 121 Å². The van der Waals surface area contributed by atoms with Crippen LogP contribution >= 0.6 is 0 Å². The van der Waals surface area contributed by atoms with Crippen molar-refractivity contribution < 1.29 is 45.9 Å². The van der Waals surface area contributed by atoms with Gasteiger partial charge in [-0.15, -0.1) is 0 Å². The number of aliphatic hydroxyl groups is 1. The number of pyridine rings is 1. The molecule has 0 bridgehead atoms. The van der Waals surface area contributed by atoms with Crippen molar-refractivity contribution in [2.24, 2.45) is 0 Å². The normalized spacial score (nSPS) is 15.0. The molecule has 0 amide bonds. The van der Waals surface area contributed by atoms with E-state index in [1.54, 1.807) is 20.8 Å². The zero-order valence-corrected chi connectivity index (χ0v) is 24.4. The van der Waals surface area contributed by atoms with Gasteiger partial charge in [-0.05, 0) is 53.9 Å². The van der Waals surface area contributed by atoms with E-state index in [1.807, 2.05) is 12.1 Å². The lowest BCUT2D eigenvalue weighted by Crippen LogP contribution is -2.54. The Morgan fingerprint density at radius 3 is 2.32 bits per heavy atom. The van der Waals surface area contributed by atoms with Crippen molar-refractivity contribution in [1.82, 2.24) is 15.1 Å². The fourth-order valence-electron chi connectivity index (χ4n) is 5.16. The van der Waals surface area contributed by atoms with E-state index in [0.29, 0.717) is 37.2 Å². The predicted molar refractivity (Wildman–Crippen MR) is 147 cm³/mol. The number of alkyl halides is 6. The largest absolute Gasteiger partial charge is 0.481 e. The lowest BCUT2D eigenvalue weighted by Gasteiger charge is -2.34. The van der Waals surface area contributed by atoms with Crippen LogP contribution in [0.15, 0.2) is 34.9 Å². The Bertz CT molecular complexity index is 1470. The molecule has 1 aliphatic heterocycles. The molecule has 240 valence electrons. The first-order chi connectivity index (χ1) is 20.4. The van der Waals surface area contributed by atoms with Crippen LogP contribution in [0.2, 0.25) is 0 Å². The first kappa shape index (κ1) is 33.2. The van der Waals surface area contributed by atoms with E-state index in [1.165, 1.54) is 11.6 Å². The molecule has 0 radical (unpaired) electrons. The van der Waals surface area contributed by atoms with E-state index in [-0.39, 0.29) is 23.4 Å². The highest BCUT2D eigenvalue weighted by Gasteiger charge is 2.71. The molecule has 1 atom stereocenters. The molecule has 0 fully saturated rings. The Balaban J connectivity index is 1.58. The molecule has 3 N–H and O–H groups in total. The molecule has 44 heavy (non-hydrogen) atoms. The molecular weight excluding hydrogens is 594 g/mol. The second-order valence-electron chi connectivity index (χ2n) is 12.1. The maximum atomic E-state index is 13.8. The van der Waals surface area contributed by atoms with E-state index < -0.39 is 47.2 Å². The number of benzene rings is 1. The molecule has 1 unspecified atom stereocenters. The summed E-state index contributed by atoms with van der Waals surface area (Å²) in [7, 11) is 0. The van der Waals surface area contributed by atoms with Gasteiger partial charge in [0.25, 0.3) is 5.60 Å². The van der Waals surface area contributed by atoms with Gasteiger partial charge in [0, 0.05) is 36.6 Å². The number of hydrogen-bond acceptors (Lipinski definition) is 7. The summed E-state index contributed by atoms with van der Waals surface area (Å²) in [6.45, 7) is 5.58. The zero-order chi connectivity index (χ0) is 32.5. The summed E-state index contributed by atoms with van der Waals surface area (Å²) < 4.78 is 88.0. The highest BCUT2D eigenvalue weighted by atomic mass is 19.4. The Hall–Kier alpha value is -3.68. The second kappa shape index (κ2) is 12.4. The van der Waals surface area contributed by atoms with Crippen LogP contribution in [0.4, 0.5) is 32.2 Å². The van der Waals surface area contributed by atoms with Gasteiger partial charge in [-0.25, -0.2) is 4.98 Å². The first-order valence-electron chi connectivity index (χ1n) is 14.2. The summed E-state index contributed by atoms with van der Waals surface area (Å²) in [4.78, 5) is 20.7. The van der Waals surface area contributed by atoms with Crippen molar-refractivity contribution in [3.8, 4) is 0 Å². The lowest BCUT2D eigenvalue weighted by atomic mass is 9.79. The van der Waals surface area contributed by atoms with Gasteiger partial charge in [-0.1, -0.05) is 50.2 Å². The van der Waals surface area contributed by atoms with Gasteiger partial charge in [-0.2, -0.15) is 31.3 Å². The van der Waals surface area contributed by atoms with Gasteiger partial charge in [0.05, 0.1) is 6.42 Å². The number of nitrogens with zero attached hydrogens (tertiary/aromatic N) is 3. The van der Waals surface area contributed by atoms with E-state index in [0.717, 1.165) is 30.9 Å². The van der Waals surface area contributed by atoms with Crippen LogP contribution in [0.1, 0.15) is 85.6 Å². The van der Waals surface area contributed by atoms with Crippen LogP contribution in [0.5, 0.6) is 0 Å². The summed E-state index contributed by atoms with van der Waals surface area (Å²) >= 11 is 0. The fraction of sp³-hybridized carbons (Fsp3) is 0.533. The number of carbonyl (C=O) groups is 1. The number of aryl methyl sites for hydroxylation is 3. The lowest BCUT2D eigenvalue weighted by molar-refractivity contribution is -0.376. The van der Waals surface area contributed by atoms with Crippen molar-refractivity contribution in [3.05, 3.63) is 70.0 Å². The van der Waals surface area contributed by atoms with Crippen LogP contribution in [-0.4, -0.2) is 50.2 Å². The first-order valence-corrected chi connectivity index (χ1v) is 14.2. The monoisotopic (exact) mass is 628 g/mol. The smallest absolute Gasteiger partial charge is 0.430 e. The minimum atomic E-state index is -6.10. The van der Waals surface area contributed by atoms with Crippen molar-refractivity contribution in [3.63, 3.8) is 0 Å². The number of carboxylic acids is 1. The number of halogens is 6. The van der Waals surface area contributed by atoms with Crippen molar-refractivity contribution in [1.29, 1.82) is 0 Å². The van der Waals surface area contributed by atoms with Gasteiger partial charge in [0.2, 0.25) is 5.89 Å². The summed E-state index contributed by atoms with van der Waals surface area (Å²) in [5.41, 5.74) is -5.62. The molecule has 2 aromatic heterocycles. The van der Waals surface area contributed by atoms with E-state index in [4.69, 9.17) is 4.52 Å². The molecule has 0 saturated heterocycles. The maximum Gasteiger partial charge on any atom is 0.430 e. The van der Waals surface area contributed by atoms with Gasteiger partial charge in [0.15, 0.2) is 5.82 Å². The number of rotatable bonds is 10. The van der Waals surface area contributed by atoms with Crippen LogP contribution in [0.25, 0.3) is 0 Å². The molecular formula is C30H34F6N4O4. The van der Waals surface area contributed by atoms with Gasteiger partial charge >= 0.3 is 18.3 Å². The minimum Gasteiger partial charge on any atom is -0.481 e. The molecule has 1 aliphatic rings. The Morgan fingerprint density at radius 2 is 1.68 bits per heavy atom. The van der Waals surface area contributed by atoms with E-state index in [9.17, 15) is 41.4 Å². The standard InChI is InChI=1S/C30H34F6N4O4/c1-27(2,3)20-12-18(13-21(16-20)28(43,29(31,32)33)30(34,35)36)19(15-25(41)42)14-24-39-23(40-44-24)8-4-7-22-10-9-17-6-5-11-37-26(17)38-22/h9-10,12-13,16,19,43H,4-8,11,14-15H2,1-3H3,(H,37,38)(H,41,42). The van der Waals surface area contributed by atoms with Gasteiger partial charge in [0.1, 0.15) is 5.82 Å². The molecule has 3 aromatic rings. The molecule has 8 nitrogen and oxygen atoms in total. The van der Waals surface area contributed by atoms with Crippen LogP contribution in [-0.2, 0) is 41.5 Å². The maximum absolute atomic E-state index is 13.8. The number of hydrogen-bond donors (Lipinski definition) is 3. The third-order valence-electron chi connectivity index (χ3n) is 7.67. The van der Waals surface area contributed by atoms with Gasteiger partial charge in [-0.3, -0.25) is 4.79 Å². The number of aromatic nitrogens is 3. The van der Waals surface area contributed by atoms with Crippen LogP contribution < -0.4 is 5.32 Å². The van der Waals surface area contributed by atoms with E-state index >= 15 is 0 Å². The molecule has 14 heteroatoms. The van der Waals surface area contributed by atoms with E-state index in [2.05, 4.69) is 20.4 Å². The molecule has 3 heterocycles. The van der Waals surface area contributed by atoms with Gasteiger partial charge < -0.3 is 20.1 Å². The van der Waals surface area contributed by atoms with Crippen molar-refractivity contribution >= 4 is 11.8 Å².